The van der Waals surface area contributed by atoms with E-state index in [1.165, 1.54) is 10.8 Å². The summed E-state index contributed by atoms with van der Waals surface area (Å²) in [4.78, 5) is 15.9. The molecule has 0 aliphatic rings. The second-order valence-electron chi connectivity index (χ2n) is 4.83. The van der Waals surface area contributed by atoms with Crippen LogP contribution >= 0.6 is 0 Å². The summed E-state index contributed by atoms with van der Waals surface area (Å²) in [6, 6.07) is 8.40. The molecule has 0 saturated heterocycles. The molecule has 0 bridgehead atoms. The van der Waals surface area contributed by atoms with Crippen LogP contribution < -0.4 is 0 Å². The van der Waals surface area contributed by atoms with Crippen LogP contribution in [0, 0.1) is 6.92 Å². The molecular formula is C16H12N4. The Hall–Kier alpha value is -2.75. The average molecular weight is 260 g/mol. The summed E-state index contributed by atoms with van der Waals surface area (Å²) in [6.07, 6.45) is 7.05. The molecule has 4 heteroatoms. The van der Waals surface area contributed by atoms with Gasteiger partial charge >= 0.3 is 0 Å². The molecule has 3 aromatic heterocycles. The maximum Gasteiger partial charge on any atom is 0.115 e. The maximum atomic E-state index is 4.33. The van der Waals surface area contributed by atoms with Crippen molar-refractivity contribution in [2.45, 2.75) is 6.92 Å². The quantitative estimate of drug-likeness (QED) is 0.570. The van der Waals surface area contributed by atoms with Gasteiger partial charge in [-0.15, -0.1) is 0 Å². The van der Waals surface area contributed by atoms with Crippen LogP contribution in [-0.2, 0) is 0 Å². The van der Waals surface area contributed by atoms with E-state index in [0.29, 0.717) is 0 Å². The molecule has 0 saturated carbocycles. The van der Waals surface area contributed by atoms with Crippen LogP contribution in [0.1, 0.15) is 5.69 Å². The third-order valence-electron chi connectivity index (χ3n) is 3.60. The molecule has 0 aliphatic carbocycles. The molecule has 1 aromatic carbocycles. The number of benzene rings is 1. The number of nitrogens with zero attached hydrogens (tertiary/aromatic N) is 3. The number of nitrogens with one attached hydrogen (secondary N) is 1. The van der Waals surface area contributed by atoms with Gasteiger partial charge in [0.1, 0.15) is 6.33 Å². The van der Waals surface area contributed by atoms with Crippen LogP contribution in [0.25, 0.3) is 32.9 Å². The predicted molar refractivity (Wildman–Crippen MR) is 79.4 cm³/mol. The molecule has 0 amide bonds. The number of aryl methyl sites for hydroxylation is 1. The van der Waals surface area contributed by atoms with Crippen LogP contribution in [0.15, 0.2) is 49.2 Å². The van der Waals surface area contributed by atoms with Gasteiger partial charge in [0.05, 0.1) is 11.2 Å². The summed E-state index contributed by atoms with van der Waals surface area (Å²) in [5, 5.41) is 2.40. The van der Waals surface area contributed by atoms with Gasteiger partial charge in [-0.3, -0.25) is 4.98 Å². The average Bonchev–Trinajstić information content (AvgIpc) is 2.88. The number of fused-ring (bicyclic) bond motifs is 3. The minimum atomic E-state index is 1.02. The molecule has 1 N–H and O–H groups in total. The van der Waals surface area contributed by atoms with Crippen molar-refractivity contribution in [1.29, 1.82) is 0 Å². The third-order valence-corrected chi connectivity index (χ3v) is 3.60. The monoisotopic (exact) mass is 260 g/mol. The standard InChI is InChI=1S/C16H12N4/c1-10-16-13(4-5-19-10)14-6-11(2-3-15(14)20-16)12-7-17-9-18-8-12/h2-9,20H,1H3. The van der Waals surface area contributed by atoms with E-state index in [-0.39, 0.29) is 0 Å². The van der Waals surface area contributed by atoms with Crippen molar-refractivity contribution in [3.63, 3.8) is 0 Å². The largest absolute Gasteiger partial charge is 0.353 e. The molecule has 0 radical (unpaired) electrons. The van der Waals surface area contributed by atoms with Crippen LogP contribution in [0.4, 0.5) is 0 Å². The summed E-state index contributed by atoms with van der Waals surface area (Å²) >= 11 is 0. The van der Waals surface area contributed by atoms with Gasteiger partial charge in [0.15, 0.2) is 0 Å². The van der Waals surface area contributed by atoms with E-state index in [4.69, 9.17) is 0 Å². The van der Waals surface area contributed by atoms with E-state index >= 15 is 0 Å². The number of rotatable bonds is 1. The number of aromatic amines is 1. The zero-order chi connectivity index (χ0) is 13.5. The maximum absolute atomic E-state index is 4.33. The van der Waals surface area contributed by atoms with Crippen molar-refractivity contribution in [3.8, 4) is 11.1 Å². The van der Waals surface area contributed by atoms with E-state index in [1.54, 1.807) is 6.33 Å². The highest BCUT2D eigenvalue weighted by molar-refractivity contribution is 6.08. The number of aromatic nitrogens is 4. The first-order valence-corrected chi connectivity index (χ1v) is 6.45. The SMILES string of the molecule is Cc1nccc2c1[nH]c1ccc(-c3cncnc3)cc12. The highest BCUT2D eigenvalue weighted by atomic mass is 14.8. The van der Waals surface area contributed by atoms with E-state index < -0.39 is 0 Å². The molecule has 4 nitrogen and oxygen atoms in total. The number of hydrogen-bond donors (Lipinski definition) is 1. The molecule has 0 aliphatic heterocycles. The van der Waals surface area contributed by atoms with Gasteiger partial charge in [0.2, 0.25) is 0 Å². The van der Waals surface area contributed by atoms with Crippen molar-refractivity contribution in [3.05, 3.63) is 54.9 Å². The van der Waals surface area contributed by atoms with Crippen molar-refractivity contribution in [2.75, 3.05) is 0 Å². The summed E-state index contributed by atoms with van der Waals surface area (Å²) in [5.74, 6) is 0. The lowest BCUT2D eigenvalue weighted by atomic mass is 10.1. The molecule has 96 valence electrons. The lowest BCUT2D eigenvalue weighted by Gasteiger charge is -2.00. The molecular weight excluding hydrogens is 248 g/mol. The Morgan fingerprint density at radius 3 is 2.65 bits per heavy atom. The molecule has 4 rings (SSSR count). The fourth-order valence-corrected chi connectivity index (χ4v) is 2.59. The lowest BCUT2D eigenvalue weighted by Crippen LogP contribution is -1.81. The number of H-pyrrole nitrogens is 1. The fourth-order valence-electron chi connectivity index (χ4n) is 2.59. The van der Waals surface area contributed by atoms with Gasteiger partial charge in [-0.1, -0.05) is 6.07 Å². The second-order valence-corrected chi connectivity index (χ2v) is 4.83. The zero-order valence-corrected chi connectivity index (χ0v) is 11.0. The van der Waals surface area contributed by atoms with Crippen LogP contribution in [0.3, 0.4) is 0 Å². The topological polar surface area (TPSA) is 54.5 Å². The Labute approximate surface area is 115 Å². The predicted octanol–water partition coefficient (Wildman–Crippen LogP) is 3.48. The summed E-state index contributed by atoms with van der Waals surface area (Å²) in [6.45, 7) is 2.02. The van der Waals surface area contributed by atoms with Gasteiger partial charge < -0.3 is 4.98 Å². The Bertz CT molecular complexity index is 910. The van der Waals surface area contributed by atoms with Gasteiger partial charge in [-0.05, 0) is 30.7 Å². The van der Waals surface area contributed by atoms with Gasteiger partial charge in [-0.25, -0.2) is 9.97 Å². The molecule has 3 heterocycles. The molecule has 0 fully saturated rings. The van der Waals surface area contributed by atoms with Crippen LogP contribution in [-0.4, -0.2) is 19.9 Å². The van der Waals surface area contributed by atoms with Crippen LogP contribution in [0.2, 0.25) is 0 Å². The molecule has 0 atom stereocenters. The number of pyridine rings is 1. The van der Waals surface area contributed by atoms with Crippen molar-refractivity contribution in [1.82, 2.24) is 19.9 Å². The Balaban J connectivity index is 2.04. The van der Waals surface area contributed by atoms with E-state index in [1.807, 2.05) is 31.6 Å². The highest BCUT2D eigenvalue weighted by Gasteiger charge is 2.08. The van der Waals surface area contributed by atoms with Gasteiger partial charge in [0, 0.05) is 40.4 Å². The second kappa shape index (κ2) is 4.13. The van der Waals surface area contributed by atoms with Crippen molar-refractivity contribution < 1.29 is 0 Å². The Morgan fingerprint density at radius 1 is 0.950 bits per heavy atom. The number of hydrogen-bond acceptors (Lipinski definition) is 3. The van der Waals surface area contributed by atoms with E-state index in [0.717, 1.165) is 27.9 Å². The van der Waals surface area contributed by atoms with Gasteiger partial charge in [-0.2, -0.15) is 0 Å². The van der Waals surface area contributed by atoms with E-state index in [2.05, 4.69) is 38.1 Å². The van der Waals surface area contributed by atoms with Crippen molar-refractivity contribution >= 4 is 21.8 Å². The smallest absolute Gasteiger partial charge is 0.115 e. The van der Waals surface area contributed by atoms with E-state index in [9.17, 15) is 0 Å². The van der Waals surface area contributed by atoms with Crippen molar-refractivity contribution in [2.24, 2.45) is 0 Å². The lowest BCUT2D eigenvalue weighted by molar-refractivity contribution is 1.17. The third kappa shape index (κ3) is 1.58. The summed E-state index contributed by atoms with van der Waals surface area (Å²) < 4.78 is 0. The minimum absolute atomic E-state index is 1.02. The summed E-state index contributed by atoms with van der Waals surface area (Å²) in [7, 11) is 0. The van der Waals surface area contributed by atoms with Gasteiger partial charge in [0.25, 0.3) is 0 Å². The molecule has 20 heavy (non-hydrogen) atoms. The molecule has 0 unspecified atom stereocenters. The first kappa shape index (κ1) is 11.1. The first-order valence-electron chi connectivity index (χ1n) is 6.45. The molecule has 0 spiro atoms. The Morgan fingerprint density at radius 2 is 1.80 bits per heavy atom. The minimum Gasteiger partial charge on any atom is -0.353 e. The Kier molecular flexibility index (Phi) is 2.29. The fraction of sp³-hybridized carbons (Fsp3) is 0.0625. The zero-order valence-electron chi connectivity index (χ0n) is 11.0. The normalized spacial score (nSPS) is 11.2. The first-order chi connectivity index (χ1) is 9.83. The molecule has 4 aromatic rings. The van der Waals surface area contributed by atoms with Crippen LogP contribution in [0.5, 0.6) is 0 Å². The highest BCUT2D eigenvalue weighted by Crippen LogP contribution is 2.30. The summed E-state index contributed by atoms with van der Waals surface area (Å²) in [5.41, 5.74) is 5.38.